The molecule has 0 heterocycles. The maximum Gasteiger partial charge on any atom is -0.00209 e. The number of hydrogen-bond acceptors (Lipinski definition) is 1. The van der Waals surface area contributed by atoms with Crippen LogP contribution in [-0.4, -0.2) is 13.6 Å². The van der Waals surface area contributed by atoms with Crippen molar-refractivity contribution < 1.29 is 0 Å². The van der Waals surface area contributed by atoms with E-state index in [9.17, 15) is 0 Å². The van der Waals surface area contributed by atoms with Crippen LogP contribution in [0.4, 0.5) is 0 Å². The first-order valence-electron chi connectivity index (χ1n) is 8.53. The Hall–Kier alpha value is -0.0400. The first kappa shape index (κ1) is 16.0. The van der Waals surface area contributed by atoms with E-state index in [1.807, 2.05) is 0 Å². The summed E-state index contributed by atoms with van der Waals surface area (Å²) in [6, 6.07) is 0. The summed E-state index contributed by atoms with van der Waals surface area (Å²) >= 11 is 0. The Morgan fingerprint density at radius 1 is 0.944 bits per heavy atom. The summed E-state index contributed by atoms with van der Waals surface area (Å²) in [5.41, 5.74) is 0. The second-order valence-electron chi connectivity index (χ2n) is 6.27. The van der Waals surface area contributed by atoms with Gasteiger partial charge in [0.15, 0.2) is 0 Å². The summed E-state index contributed by atoms with van der Waals surface area (Å²) in [7, 11) is 2.12. The van der Waals surface area contributed by atoms with Crippen LogP contribution in [0.5, 0.6) is 0 Å². The molecule has 1 aliphatic rings. The topological polar surface area (TPSA) is 12.0 Å². The molecule has 108 valence electrons. The molecule has 0 spiro atoms. The van der Waals surface area contributed by atoms with Crippen LogP contribution >= 0.6 is 0 Å². The molecule has 0 bridgehead atoms. The molecule has 0 aromatic carbocycles. The highest BCUT2D eigenvalue weighted by Gasteiger charge is 2.23. The first-order valence-corrected chi connectivity index (χ1v) is 8.53. The standard InChI is InChI=1S/C17H35N/c1-3-4-5-6-7-8-9-14-17(15-18-2)16-12-10-11-13-16/h16-18H,3-15H2,1-2H3. The first-order chi connectivity index (χ1) is 8.88. The Morgan fingerprint density at radius 2 is 1.56 bits per heavy atom. The highest BCUT2D eigenvalue weighted by Crippen LogP contribution is 2.33. The highest BCUT2D eigenvalue weighted by molar-refractivity contribution is 4.76. The molecule has 0 radical (unpaired) electrons. The van der Waals surface area contributed by atoms with Crippen molar-refractivity contribution in [2.45, 2.75) is 84.0 Å². The Bertz CT molecular complexity index is 172. The van der Waals surface area contributed by atoms with E-state index < -0.39 is 0 Å². The predicted octanol–water partition coefficient (Wildman–Crippen LogP) is 5.15. The van der Waals surface area contributed by atoms with Crippen molar-refractivity contribution in [2.75, 3.05) is 13.6 Å². The van der Waals surface area contributed by atoms with Gasteiger partial charge >= 0.3 is 0 Å². The highest BCUT2D eigenvalue weighted by atomic mass is 14.8. The van der Waals surface area contributed by atoms with Crippen molar-refractivity contribution in [2.24, 2.45) is 11.8 Å². The molecule has 1 heteroatoms. The lowest BCUT2D eigenvalue weighted by Gasteiger charge is -2.23. The van der Waals surface area contributed by atoms with Gasteiger partial charge in [0.1, 0.15) is 0 Å². The molecule has 1 nitrogen and oxygen atoms in total. The Labute approximate surface area is 115 Å². The van der Waals surface area contributed by atoms with Gasteiger partial charge in [-0.1, -0.05) is 77.6 Å². The van der Waals surface area contributed by atoms with Crippen LogP contribution in [0.15, 0.2) is 0 Å². The van der Waals surface area contributed by atoms with Gasteiger partial charge in [-0.2, -0.15) is 0 Å². The summed E-state index contributed by atoms with van der Waals surface area (Å²) in [6.07, 6.45) is 17.6. The number of nitrogens with one attached hydrogen (secondary N) is 1. The Morgan fingerprint density at radius 3 is 2.17 bits per heavy atom. The molecule has 1 rings (SSSR count). The lowest BCUT2D eigenvalue weighted by atomic mass is 9.86. The zero-order valence-electron chi connectivity index (χ0n) is 12.8. The van der Waals surface area contributed by atoms with Crippen LogP contribution in [0.2, 0.25) is 0 Å². The monoisotopic (exact) mass is 253 g/mol. The normalized spacial score (nSPS) is 18.3. The molecule has 1 fully saturated rings. The third-order valence-electron chi connectivity index (χ3n) is 4.71. The van der Waals surface area contributed by atoms with Gasteiger partial charge in [0.2, 0.25) is 0 Å². The van der Waals surface area contributed by atoms with Gasteiger partial charge in [-0.3, -0.25) is 0 Å². The smallest absolute Gasteiger partial charge is 0.00209 e. The average Bonchev–Trinajstić information content (AvgIpc) is 2.90. The molecule has 0 aromatic rings. The van der Waals surface area contributed by atoms with Crippen LogP contribution in [-0.2, 0) is 0 Å². The minimum absolute atomic E-state index is 0.966. The van der Waals surface area contributed by atoms with E-state index in [1.54, 1.807) is 0 Å². The van der Waals surface area contributed by atoms with Gasteiger partial charge in [0, 0.05) is 0 Å². The van der Waals surface area contributed by atoms with E-state index in [-0.39, 0.29) is 0 Å². The van der Waals surface area contributed by atoms with Crippen molar-refractivity contribution >= 4 is 0 Å². The van der Waals surface area contributed by atoms with E-state index in [0.29, 0.717) is 0 Å². The van der Waals surface area contributed by atoms with E-state index in [1.165, 1.54) is 83.6 Å². The van der Waals surface area contributed by atoms with E-state index >= 15 is 0 Å². The van der Waals surface area contributed by atoms with Crippen molar-refractivity contribution in [3.63, 3.8) is 0 Å². The molecule has 1 saturated carbocycles. The van der Waals surface area contributed by atoms with E-state index in [4.69, 9.17) is 0 Å². The van der Waals surface area contributed by atoms with Gasteiger partial charge in [0.05, 0.1) is 0 Å². The van der Waals surface area contributed by atoms with Gasteiger partial charge < -0.3 is 5.32 Å². The lowest BCUT2D eigenvalue weighted by Crippen LogP contribution is -2.24. The molecule has 0 saturated heterocycles. The van der Waals surface area contributed by atoms with Gasteiger partial charge in [-0.05, 0) is 31.8 Å². The maximum atomic E-state index is 3.41. The summed E-state index contributed by atoms with van der Waals surface area (Å²) < 4.78 is 0. The second kappa shape index (κ2) is 10.8. The van der Waals surface area contributed by atoms with Crippen LogP contribution in [0.25, 0.3) is 0 Å². The SMILES string of the molecule is CCCCCCCCCC(CNC)C1CCCC1. The van der Waals surface area contributed by atoms with Crippen LogP contribution < -0.4 is 5.32 Å². The number of rotatable bonds is 11. The minimum atomic E-state index is 0.966. The van der Waals surface area contributed by atoms with Crippen LogP contribution in [0, 0.1) is 11.8 Å². The average molecular weight is 253 g/mol. The van der Waals surface area contributed by atoms with E-state index in [0.717, 1.165) is 11.8 Å². The fourth-order valence-corrected chi connectivity index (χ4v) is 3.56. The van der Waals surface area contributed by atoms with Crippen molar-refractivity contribution in [1.29, 1.82) is 0 Å². The molecular weight excluding hydrogens is 218 g/mol. The summed E-state index contributed by atoms with van der Waals surface area (Å²) in [5.74, 6) is 2.01. The summed E-state index contributed by atoms with van der Waals surface area (Å²) in [6.45, 7) is 3.55. The predicted molar refractivity (Wildman–Crippen MR) is 82.0 cm³/mol. The Kier molecular flexibility index (Phi) is 9.65. The third kappa shape index (κ3) is 6.78. The fraction of sp³-hybridized carbons (Fsp3) is 1.00. The molecule has 0 aliphatic heterocycles. The van der Waals surface area contributed by atoms with Crippen molar-refractivity contribution in [1.82, 2.24) is 5.32 Å². The molecule has 0 aromatic heterocycles. The number of unbranched alkanes of at least 4 members (excludes halogenated alkanes) is 6. The molecule has 1 aliphatic carbocycles. The zero-order valence-corrected chi connectivity index (χ0v) is 12.8. The van der Waals surface area contributed by atoms with Gasteiger partial charge in [-0.25, -0.2) is 0 Å². The minimum Gasteiger partial charge on any atom is -0.319 e. The van der Waals surface area contributed by atoms with Crippen LogP contribution in [0.3, 0.4) is 0 Å². The third-order valence-corrected chi connectivity index (χ3v) is 4.71. The largest absolute Gasteiger partial charge is 0.319 e. The fourth-order valence-electron chi connectivity index (χ4n) is 3.56. The maximum absolute atomic E-state index is 3.41. The van der Waals surface area contributed by atoms with E-state index in [2.05, 4.69) is 19.3 Å². The van der Waals surface area contributed by atoms with Gasteiger partial charge in [0.25, 0.3) is 0 Å². The Balaban J connectivity index is 2.02. The number of hydrogen-bond donors (Lipinski definition) is 1. The molecule has 1 unspecified atom stereocenters. The molecule has 1 atom stereocenters. The van der Waals surface area contributed by atoms with Crippen LogP contribution in [0.1, 0.15) is 84.0 Å². The molecule has 18 heavy (non-hydrogen) atoms. The molecule has 1 N–H and O–H groups in total. The molecule has 0 amide bonds. The van der Waals surface area contributed by atoms with Crippen molar-refractivity contribution in [3.05, 3.63) is 0 Å². The summed E-state index contributed by atoms with van der Waals surface area (Å²) in [4.78, 5) is 0. The lowest BCUT2D eigenvalue weighted by molar-refractivity contribution is 0.301. The quantitative estimate of drug-likeness (QED) is 0.502. The molecular formula is C17H35N. The summed E-state index contributed by atoms with van der Waals surface area (Å²) in [5, 5.41) is 3.41. The zero-order chi connectivity index (χ0) is 13.1. The second-order valence-corrected chi connectivity index (χ2v) is 6.27. The van der Waals surface area contributed by atoms with Crippen molar-refractivity contribution in [3.8, 4) is 0 Å². The van der Waals surface area contributed by atoms with Gasteiger partial charge in [-0.15, -0.1) is 0 Å².